The van der Waals surface area contributed by atoms with Crippen LogP contribution in [0.5, 0.6) is 5.75 Å². The number of ether oxygens (including phenoxy) is 1. The minimum absolute atomic E-state index is 0.142. The Labute approximate surface area is 233 Å². The molecule has 0 saturated carbocycles. The van der Waals surface area contributed by atoms with E-state index >= 15 is 0 Å². The maximum Gasteiger partial charge on any atom is 0.300 e. The van der Waals surface area contributed by atoms with Crippen LogP contribution in [0.4, 0.5) is 14.5 Å². The van der Waals surface area contributed by atoms with Crippen molar-refractivity contribution in [3.05, 3.63) is 93.4 Å². The van der Waals surface area contributed by atoms with Gasteiger partial charge in [-0.15, -0.1) is 0 Å². The Morgan fingerprint density at radius 1 is 1.05 bits per heavy atom. The van der Waals surface area contributed by atoms with Crippen LogP contribution in [0.2, 0.25) is 0 Å². The molecule has 3 aromatic carbocycles. The molecule has 0 atom stereocenters. The predicted octanol–water partition coefficient (Wildman–Crippen LogP) is 7.62. The number of aromatic nitrogens is 2. The largest absolute Gasteiger partial charge is 0.710 e. The summed E-state index contributed by atoms with van der Waals surface area (Å²) in [6.45, 7) is 9.30. The first kappa shape index (κ1) is 28.8. The molecule has 40 heavy (non-hydrogen) atoms. The molecule has 4 aromatic rings. The second kappa shape index (κ2) is 11.5. The molecule has 0 fully saturated rings. The highest BCUT2D eigenvalue weighted by molar-refractivity contribution is 6.02. The molecule has 0 aliphatic heterocycles. The fraction of sp³-hybridized carbons (Fsp3) is 0.312. The number of halogens is 2. The van der Waals surface area contributed by atoms with Gasteiger partial charge in [-0.1, -0.05) is 44.5 Å². The van der Waals surface area contributed by atoms with E-state index in [4.69, 9.17) is 4.74 Å². The van der Waals surface area contributed by atoms with Crippen LogP contribution >= 0.6 is 0 Å². The predicted molar refractivity (Wildman–Crippen MR) is 154 cm³/mol. The van der Waals surface area contributed by atoms with Gasteiger partial charge in [0, 0.05) is 30.2 Å². The summed E-state index contributed by atoms with van der Waals surface area (Å²) in [4.78, 5) is 16.2. The summed E-state index contributed by atoms with van der Waals surface area (Å²) >= 11 is 0. The number of imidazole rings is 1. The number of alkyl halides is 2. The second-order valence-corrected chi connectivity index (χ2v) is 10.1. The Kier molecular flexibility index (Phi) is 8.28. The van der Waals surface area contributed by atoms with E-state index in [2.05, 4.69) is 43.2 Å². The van der Waals surface area contributed by atoms with Crippen molar-refractivity contribution in [2.24, 2.45) is 0 Å². The van der Waals surface area contributed by atoms with Gasteiger partial charge in [-0.25, -0.2) is 18.5 Å². The monoisotopic (exact) mass is 547 g/mol. The van der Waals surface area contributed by atoms with Crippen LogP contribution in [0.25, 0.3) is 22.5 Å². The maximum absolute atomic E-state index is 14.2. The summed E-state index contributed by atoms with van der Waals surface area (Å²) in [5.41, 5.74) is 6.12. The minimum atomic E-state index is -3.02. The fourth-order valence-corrected chi connectivity index (χ4v) is 5.18. The number of benzene rings is 3. The third-order valence-corrected chi connectivity index (χ3v) is 7.14. The average Bonchev–Trinajstić information content (AvgIpc) is 3.22. The van der Waals surface area contributed by atoms with Crippen molar-refractivity contribution in [3.63, 3.8) is 0 Å². The molecule has 8 heteroatoms. The highest BCUT2D eigenvalue weighted by Crippen LogP contribution is 2.38. The first-order chi connectivity index (χ1) is 19.0. The molecular formula is C32H35F2N3O3. The molecule has 1 aromatic heterocycles. The van der Waals surface area contributed by atoms with Gasteiger partial charge in [0.2, 0.25) is 5.69 Å². The standard InChI is InChI=1S/C32H35F2N3O3/c1-7-10-22-15-19(3)28(20(4)16-22)26-17-23(13-14-27(26)40-6)30-35-21(5)29(37(30)39)31(38)36-25-12-9-11-24(18-25)32(33,34)8-2/h9,11-18,35H,7-8,10H2,1-6H3,(H,36,38). The van der Waals surface area contributed by atoms with Crippen molar-refractivity contribution >= 4 is 11.6 Å². The smallest absolute Gasteiger partial charge is 0.300 e. The van der Waals surface area contributed by atoms with E-state index in [-0.39, 0.29) is 29.2 Å². The summed E-state index contributed by atoms with van der Waals surface area (Å²) in [7, 11) is 1.61. The zero-order chi connectivity index (χ0) is 29.2. The molecular weight excluding hydrogens is 512 g/mol. The van der Waals surface area contributed by atoms with Gasteiger partial charge in [0.05, 0.1) is 12.7 Å². The summed E-state index contributed by atoms with van der Waals surface area (Å²) in [5.74, 6) is -2.86. The van der Waals surface area contributed by atoms with E-state index in [0.717, 1.165) is 35.1 Å². The number of amides is 1. The van der Waals surface area contributed by atoms with Crippen molar-refractivity contribution < 1.29 is 23.0 Å². The van der Waals surface area contributed by atoms with E-state index in [1.165, 1.54) is 36.8 Å². The average molecular weight is 548 g/mol. The lowest BCUT2D eigenvalue weighted by Crippen LogP contribution is -2.36. The Hall–Kier alpha value is -4.20. The van der Waals surface area contributed by atoms with Crippen LogP contribution in [-0.4, -0.2) is 18.0 Å². The number of aryl methyl sites for hydroxylation is 4. The molecule has 0 unspecified atom stereocenters. The summed E-state index contributed by atoms with van der Waals surface area (Å²) < 4.78 is 34.6. The lowest BCUT2D eigenvalue weighted by molar-refractivity contribution is -0.594. The molecule has 0 radical (unpaired) electrons. The third-order valence-electron chi connectivity index (χ3n) is 7.14. The third kappa shape index (κ3) is 5.57. The van der Waals surface area contributed by atoms with E-state index in [0.29, 0.717) is 21.7 Å². The zero-order valence-electron chi connectivity index (χ0n) is 23.7. The summed E-state index contributed by atoms with van der Waals surface area (Å²) in [6.07, 6.45) is 1.68. The van der Waals surface area contributed by atoms with Crippen molar-refractivity contribution in [1.29, 1.82) is 0 Å². The topological polar surface area (TPSA) is 81.1 Å². The van der Waals surface area contributed by atoms with Crippen molar-refractivity contribution in [3.8, 4) is 28.3 Å². The molecule has 6 nitrogen and oxygen atoms in total. The zero-order valence-corrected chi connectivity index (χ0v) is 23.7. The quantitative estimate of drug-likeness (QED) is 0.167. The first-order valence-corrected chi connectivity index (χ1v) is 13.4. The molecule has 1 heterocycles. The van der Waals surface area contributed by atoms with Crippen LogP contribution in [0.1, 0.15) is 65.1 Å². The van der Waals surface area contributed by atoms with Gasteiger partial charge in [0.1, 0.15) is 5.75 Å². The number of rotatable bonds is 9. The first-order valence-electron chi connectivity index (χ1n) is 13.4. The lowest BCUT2D eigenvalue weighted by atomic mass is 9.91. The van der Waals surface area contributed by atoms with Gasteiger partial charge in [0.15, 0.2) is 5.69 Å². The Morgan fingerprint density at radius 2 is 1.75 bits per heavy atom. The van der Waals surface area contributed by atoms with Crippen LogP contribution in [0.15, 0.2) is 54.6 Å². The fourth-order valence-electron chi connectivity index (χ4n) is 5.18. The van der Waals surface area contributed by atoms with Crippen molar-refractivity contribution in [1.82, 2.24) is 4.98 Å². The number of methoxy groups -OCH3 is 1. The highest BCUT2D eigenvalue weighted by Gasteiger charge is 2.30. The number of H-pyrrole nitrogens is 1. The summed E-state index contributed by atoms with van der Waals surface area (Å²) in [5, 5.41) is 16.0. The second-order valence-electron chi connectivity index (χ2n) is 10.1. The molecule has 1 amide bonds. The van der Waals surface area contributed by atoms with E-state index in [9.17, 15) is 18.8 Å². The molecule has 0 spiro atoms. The van der Waals surface area contributed by atoms with Crippen LogP contribution in [-0.2, 0) is 12.3 Å². The number of aromatic amines is 1. The Morgan fingerprint density at radius 3 is 2.38 bits per heavy atom. The van der Waals surface area contributed by atoms with Gasteiger partial charge in [0.25, 0.3) is 17.7 Å². The van der Waals surface area contributed by atoms with Crippen LogP contribution < -0.4 is 14.8 Å². The van der Waals surface area contributed by atoms with Gasteiger partial charge in [-0.3, -0.25) is 4.79 Å². The number of carbonyl (C=O) groups excluding carboxylic acids is 1. The van der Waals surface area contributed by atoms with Crippen LogP contribution in [0, 0.1) is 26.0 Å². The van der Waals surface area contributed by atoms with Crippen molar-refractivity contribution in [2.75, 3.05) is 12.4 Å². The number of nitrogens with one attached hydrogen (secondary N) is 2. The van der Waals surface area contributed by atoms with Gasteiger partial charge >= 0.3 is 0 Å². The number of carbonyl (C=O) groups is 1. The van der Waals surface area contributed by atoms with Gasteiger partial charge < -0.3 is 15.3 Å². The molecule has 210 valence electrons. The normalized spacial score (nSPS) is 11.5. The van der Waals surface area contributed by atoms with Gasteiger partial charge in [-0.2, -0.15) is 0 Å². The SMILES string of the molecule is CCCc1cc(C)c(-c2cc(-c3[nH]c(C)c(C(=O)Nc4cccc(C(F)(F)CC)c4)[n+]3[O-])ccc2OC)c(C)c1. The van der Waals surface area contributed by atoms with Gasteiger partial charge in [-0.05, 0) is 72.9 Å². The van der Waals surface area contributed by atoms with Crippen LogP contribution in [0.3, 0.4) is 0 Å². The van der Waals surface area contributed by atoms with E-state index in [1.54, 1.807) is 26.2 Å². The number of hydrogen-bond acceptors (Lipinski definition) is 3. The molecule has 0 bridgehead atoms. The molecule has 4 rings (SSSR count). The van der Waals surface area contributed by atoms with Crippen molar-refractivity contribution in [2.45, 2.75) is 59.8 Å². The number of nitrogens with zero attached hydrogens (tertiary/aromatic N) is 1. The Bertz CT molecular complexity index is 1540. The lowest BCUT2D eigenvalue weighted by Gasteiger charge is -2.17. The maximum atomic E-state index is 14.2. The van der Waals surface area contributed by atoms with E-state index < -0.39 is 11.8 Å². The van der Waals surface area contributed by atoms with E-state index in [1.807, 2.05) is 6.07 Å². The highest BCUT2D eigenvalue weighted by atomic mass is 19.3. The molecule has 2 N–H and O–H groups in total. The Balaban J connectivity index is 1.72. The number of hydrogen-bond donors (Lipinski definition) is 2. The minimum Gasteiger partial charge on any atom is -0.710 e. The molecule has 0 aliphatic carbocycles. The number of anilines is 1. The summed E-state index contributed by atoms with van der Waals surface area (Å²) in [6, 6.07) is 15.3. The molecule has 0 aliphatic rings. The molecule has 0 saturated heterocycles.